The van der Waals surface area contributed by atoms with Gasteiger partial charge in [0.05, 0.1) is 6.04 Å². The molecule has 0 fully saturated rings. The fraction of sp³-hybridized carbons (Fsp3) is 0.316. The van der Waals surface area contributed by atoms with Crippen molar-refractivity contribution >= 4 is 23.0 Å². The van der Waals surface area contributed by atoms with E-state index < -0.39 is 0 Å². The van der Waals surface area contributed by atoms with Gasteiger partial charge < -0.3 is 15.4 Å². The molecule has 3 rings (SSSR count). The molecule has 3 nitrogen and oxygen atoms in total. The van der Waals surface area contributed by atoms with Crippen molar-refractivity contribution in [3.8, 4) is 5.75 Å². The predicted octanol–water partition coefficient (Wildman–Crippen LogP) is 4.58. The van der Waals surface area contributed by atoms with E-state index in [1.54, 1.807) is 0 Å². The van der Waals surface area contributed by atoms with Crippen LogP contribution in [-0.2, 0) is 0 Å². The second kappa shape index (κ2) is 6.20. The highest BCUT2D eigenvalue weighted by atomic mass is 32.1. The third-order valence-electron chi connectivity index (χ3n) is 3.96. The van der Waals surface area contributed by atoms with Crippen LogP contribution in [0.2, 0.25) is 0 Å². The van der Waals surface area contributed by atoms with Crippen LogP contribution in [0.4, 0.5) is 5.69 Å². The summed E-state index contributed by atoms with van der Waals surface area (Å²) in [6.07, 6.45) is 0.861. The number of nitrogens with one attached hydrogen (secondary N) is 2. The minimum absolute atomic E-state index is 0.137. The minimum atomic E-state index is -0.221. The van der Waals surface area contributed by atoms with Crippen LogP contribution in [0.1, 0.15) is 37.4 Å². The molecule has 1 aliphatic heterocycles. The fourth-order valence-corrected chi connectivity index (χ4v) is 3.19. The van der Waals surface area contributed by atoms with Gasteiger partial charge in [0.15, 0.2) is 5.11 Å². The maximum atomic E-state index is 6.13. The van der Waals surface area contributed by atoms with Crippen LogP contribution < -0.4 is 15.4 Å². The summed E-state index contributed by atoms with van der Waals surface area (Å²) in [6, 6.07) is 16.4. The lowest BCUT2D eigenvalue weighted by atomic mass is 9.89. The van der Waals surface area contributed by atoms with E-state index >= 15 is 0 Å². The number of aryl methyl sites for hydroxylation is 1. The molecule has 2 aromatic rings. The summed E-state index contributed by atoms with van der Waals surface area (Å²) in [4.78, 5) is 0. The van der Waals surface area contributed by atoms with Gasteiger partial charge in [-0.1, -0.05) is 30.3 Å². The maximum absolute atomic E-state index is 6.13. The molecular weight excluding hydrogens is 304 g/mol. The van der Waals surface area contributed by atoms with Gasteiger partial charge in [0.2, 0.25) is 0 Å². The third-order valence-corrected chi connectivity index (χ3v) is 4.18. The van der Waals surface area contributed by atoms with Crippen LogP contribution in [0.5, 0.6) is 5.75 Å². The molecule has 0 unspecified atom stereocenters. The van der Waals surface area contributed by atoms with Gasteiger partial charge in [-0.05, 0) is 56.8 Å². The zero-order valence-corrected chi connectivity index (χ0v) is 14.5. The highest BCUT2D eigenvalue weighted by Gasteiger charge is 2.34. The standard InChI is InChI=1S/C19H22N2OS/c1-13-9-10-15-16(12-19(2,3)22-17(15)11-13)21-18(23)20-14-7-5-4-6-8-14/h4-11,16H,12H2,1-3H3,(H2,20,21,23)/t16-/m1/s1. The predicted molar refractivity (Wildman–Crippen MR) is 99.0 cm³/mol. The van der Waals surface area contributed by atoms with E-state index in [0.29, 0.717) is 5.11 Å². The number of thiocarbonyl (C=S) groups is 1. The van der Waals surface area contributed by atoms with E-state index in [9.17, 15) is 0 Å². The second-order valence-corrected chi connectivity index (χ2v) is 7.03. The van der Waals surface area contributed by atoms with Gasteiger partial charge in [-0.2, -0.15) is 0 Å². The largest absolute Gasteiger partial charge is 0.487 e. The smallest absolute Gasteiger partial charge is 0.171 e. The van der Waals surface area contributed by atoms with Gasteiger partial charge in [-0.25, -0.2) is 0 Å². The third kappa shape index (κ3) is 3.82. The lowest BCUT2D eigenvalue weighted by Crippen LogP contribution is -2.42. The molecule has 0 aromatic heterocycles. The Kier molecular flexibility index (Phi) is 4.26. The molecule has 0 saturated carbocycles. The maximum Gasteiger partial charge on any atom is 0.171 e. The van der Waals surface area contributed by atoms with E-state index in [4.69, 9.17) is 17.0 Å². The highest BCUT2D eigenvalue weighted by molar-refractivity contribution is 7.80. The van der Waals surface area contributed by atoms with Crippen molar-refractivity contribution in [1.82, 2.24) is 5.32 Å². The molecule has 2 aromatic carbocycles. The molecule has 0 aliphatic carbocycles. The number of hydrogen-bond acceptors (Lipinski definition) is 2. The van der Waals surface area contributed by atoms with Gasteiger partial charge >= 0.3 is 0 Å². The summed E-state index contributed by atoms with van der Waals surface area (Å²) in [6.45, 7) is 6.30. The first-order chi connectivity index (χ1) is 10.9. The summed E-state index contributed by atoms with van der Waals surface area (Å²) in [5.41, 5.74) is 3.12. The fourth-order valence-electron chi connectivity index (χ4n) is 2.93. The summed E-state index contributed by atoms with van der Waals surface area (Å²) in [5, 5.41) is 7.31. The first-order valence-electron chi connectivity index (χ1n) is 7.85. The molecule has 0 bridgehead atoms. The average Bonchev–Trinajstić information content (AvgIpc) is 2.46. The Morgan fingerprint density at radius 1 is 1.17 bits per heavy atom. The van der Waals surface area contributed by atoms with E-state index in [1.807, 2.05) is 30.3 Å². The first kappa shape index (κ1) is 15.8. The van der Waals surface area contributed by atoms with Crippen molar-refractivity contribution in [2.75, 3.05) is 5.32 Å². The van der Waals surface area contributed by atoms with Crippen molar-refractivity contribution < 1.29 is 4.74 Å². The Bertz CT molecular complexity index is 713. The number of ether oxygens (including phenoxy) is 1. The molecule has 0 spiro atoms. The molecule has 23 heavy (non-hydrogen) atoms. The summed E-state index contributed by atoms with van der Waals surface area (Å²) < 4.78 is 6.13. The Balaban J connectivity index is 1.78. The lowest BCUT2D eigenvalue weighted by Gasteiger charge is -2.38. The molecule has 0 saturated heterocycles. The van der Waals surface area contributed by atoms with Crippen LogP contribution in [0, 0.1) is 6.92 Å². The SMILES string of the molecule is Cc1ccc2c(c1)OC(C)(C)C[C@H]2NC(=S)Nc1ccccc1. The molecule has 4 heteroatoms. The van der Waals surface area contributed by atoms with Gasteiger partial charge in [0.1, 0.15) is 11.4 Å². The highest BCUT2D eigenvalue weighted by Crippen LogP contribution is 2.39. The summed E-state index contributed by atoms with van der Waals surface area (Å²) in [5.74, 6) is 0.946. The molecule has 0 radical (unpaired) electrons. The monoisotopic (exact) mass is 326 g/mol. The minimum Gasteiger partial charge on any atom is -0.487 e. The van der Waals surface area contributed by atoms with E-state index in [0.717, 1.165) is 23.4 Å². The number of hydrogen-bond donors (Lipinski definition) is 2. The number of anilines is 1. The van der Waals surface area contributed by atoms with E-state index in [-0.39, 0.29) is 11.6 Å². The van der Waals surface area contributed by atoms with Crippen LogP contribution >= 0.6 is 12.2 Å². The van der Waals surface area contributed by atoms with Gasteiger partial charge in [0.25, 0.3) is 0 Å². The molecule has 2 N–H and O–H groups in total. The molecule has 120 valence electrons. The Labute approximate surface area is 143 Å². The Morgan fingerprint density at radius 3 is 2.65 bits per heavy atom. The molecule has 1 heterocycles. The summed E-state index contributed by atoms with van der Waals surface area (Å²) in [7, 11) is 0. The second-order valence-electron chi connectivity index (χ2n) is 6.62. The number of benzene rings is 2. The molecule has 0 amide bonds. The van der Waals surface area contributed by atoms with Gasteiger partial charge in [0, 0.05) is 17.7 Å². The Morgan fingerprint density at radius 2 is 1.91 bits per heavy atom. The average molecular weight is 326 g/mol. The van der Waals surface area contributed by atoms with Gasteiger partial charge in [-0.15, -0.1) is 0 Å². The lowest BCUT2D eigenvalue weighted by molar-refractivity contribution is 0.0696. The van der Waals surface area contributed by atoms with Crippen LogP contribution in [0.15, 0.2) is 48.5 Å². The van der Waals surface area contributed by atoms with Gasteiger partial charge in [-0.3, -0.25) is 0 Å². The quantitative estimate of drug-likeness (QED) is 0.791. The van der Waals surface area contributed by atoms with E-state index in [1.165, 1.54) is 5.56 Å². The number of fused-ring (bicyclic) bond motifs is 1. The normalized spacial score (nSPS) is 18.5. The van der Waals surface area contributed by atoms with Crippen molar-refractivity contribution in [2.45, 2.75) is 38.8 Å². The zero-order valence-electron chi connectivity index (χ0n) is 13.7. The number of para-hydroxylation sites is 1. The summed E-state index contributed by atoms with van der Waals surface area (Å²) >= 11 is 5.48. The van der Waals surface area contributed by atoms with Crippen LogP contribution in [-0.4, -0.2) is 10.7 Å². The number of rotatable bonds is 2. The molecule has 1 atom stereocenters. The molecule has 1 aliphatic rings. The van der Waals surface area contributed by atoms with Crippen LogP contribution in [0.25, 0.3) is 0 Å². The van der Waals surface area contributed by atoms with E-state index in [2.05, 4.69) is 49.6 Å². The zero-order chi connectivity index (χ0) is 16.4. The topological polar surface area (TPSA) is 33.3 Å². The first-order valence-corrected chi connectivity index (χ1v) is 8.26. The van der Waals surface area contributed by atoms with Crippen molar-refractivity contribution in [1.29, 1.82) is 0 Å². The van der Waals surface area contributed by atoms with Crippen molar-refractivity contribution in [3.05, 3.63) is 59.7 Å². The van der Waals surface area contributed by atoms with Crippen molar-refractivity contribution in [2.24, 2.45) is 0 Å². The van der Waals surface area contributed by atoms with Crippen LogP contribution in [0.3, 0.4) is 0 Å². The van der Waals surface area contributed by atoms with Crippen molar-refractivity contribution in [3.63, 3.8) is 0 Å². The Hall–Kier alpha value is -2.07. The molecular formula is C19H22N2OS.